The maximum absolute atomic E-state index is 12.1. The van der Waals surface area contributed by atoms with Crippen LogP contribution in [0.25, 0.3) is 0 Å². The SMILES string of the molecule is O=C(NCc1cn[nH]n1)c1ccn(CC(F)(F)F)n1. The van der Waals surface area contributed by atoms with Crippen LogP contribution in [0, 0.1) is 0 Å². The summed E-state index contributed by atoms with van der Waals surface area (Å²) in [5, 5.41) is 15.6. The predicted molar refractivity (Wildman–Crippen MR) is 55.8 cm³/mol. The minimum absolute atomic E-state index is 0.0901. The first kappa shape index (κ1) is 13.1. The Hall–Kier alpha value is -2.39. The second kappa shape index (κ2) is 5.08. The van der Waals surface area contributed by atoms with Crippen LogP contribution < -0.4 is 5.32 Å². The maximum Gasteiger partial charge on any atom is 0.408 e. The van der Waals surface area contributed by atoms with Gasteiger partial charge in [-0.1, -0.05) is 0 Å². The number of nitrogens with one attached hydrogen (secondary N) is 2. The topological polar surface area (TPSA) is 88.5 Å². The number of aromatic nitrogens is 5. The molecule has 0 bridgehead atoms. The van der Waals surface area contributed by atoms with Gasteiger partial charge in [0.15, 0.2) is 0 Å². The highest BCUT2D eigenvalue weighted by molar-refractivity contribution is 5.92. The van der Waals surface area contributed by atoms with Crippen molar-refractivity contribution in [2.75, 3.05) is 0 Å². The largest absolute Gasteiger partial charge is 0.408 e. The van der Waals surface area contributed by atoms with Crippen molar-refractivity contribution in [2.24, 2.45) is 0 Å². The summed E-state index contributed by atoms with van der Waals surface area (Å²) in [5.74, 6) is -0.580. The molecule has 10 heteroatoms. The van der Waals surface area contributed by atoms with Crippen molar-refractivity contribution in [1.82, 2.24) is 30.5 Å². The van der Waals surface area contributed by atoms with Crippen molar-refractivity contribution in [2.45, 2.75) is 19.3 Å². The molecule has 0 aliphatic carbocycles. The lowest BCUT2D eigenvalue weighted by atomic mass is 10.4. The number of aromatic amines is 1. The average molecular weight is 274 g/mol. The molecule has 2 rings (SSSR count). The third-order valence-corrected chi connectivity index (χ3v) is 2.11. The van der Waals surface area contributed by atoms with Gasteiger partial charge < -0.3 is 5.32 Å². The zero-order valence-electron chi connectivity index (χ0n) is 9.48. The minimum Gasteiger partial charge on any atom is -0.345 e. The molecule has 0 atom stereocenters. The summed E-state index contributed by atoms with van der Waals surface area (Å²) in [7, 11) is 0. The molecule has 2 N–H and O–H groups in total. The summed E-state index contributed by atoms with van der Waals surface area (Å²) < 4.78 is 37.0. The monoisotopic (exact) mass is 274 g/mol. The number of alkyl halides is 3. The lowest BCUT2D eigenvalue weighted by Gasteiger charge is -2.05. The first-order valence-electron chi connectivity index (χ1n) is 5.17. The lowest BCUT2D eigenvalue weighted by Crippen LogP contribution is -2.24. The smallest absolute Gasteiger partial charge is 0.345 e. The van der Waals surface area contributed by atoms with Gasteiger partial charge in [0.1, 0.15) is 17.9 Å². The number of halogens is 3. The van der Waals surface area contributed by atoms with E-state index in [1.807, 2.05) is 0 Å². The minimum atomic E-state index is -4.37. The van der Waals surface area contributed by atoms with Gasteiger partial charge in [-0.3, -0.25) is 9.48 Å². The molecule has 0 aliphatic heterocycles. The van der Waals surface area contributed by atoms with E-state index in [0.29, 0.717) is 10.4 Å². The van der Waals surface area contributed by atoms with Gasteiger partial charge in [-0.15, -0.1) is 0 Å². The molecule has 0 spiro atoms. The van der Waals surface area contributed by atoms with Crippen molar-refractivity contribution in [1.29, 1.82) is 0 Å². The molecule has 0 aliphatic rings. The normalized spacial score (nSPS) is 11.5. The molecule has 0 fully saturated rings. The summed E-state index contributed by atoms with van der Waals surface area (Å²) in [5.41, 5.74) is 0.413. The molecule has 2 heterocycles. The van der Waals surface area contributed by atoms with E-state index < -0.39 is 18.6 Å². The summed E-state index contributed by atoms with van der Waals surface area (Å²) in [6, 6.07) is 1.21. The van der Waals surface area contributed by atoms with E-state index in [0.717, 1.165) is 6.20 Å². The van der Waals surface area contributed by atoms with Gasteiger partial charge in [0.25, 0.3) is 5.91 Å². The van der Waals surface area contributed by atoms with E-state index in [4.69, 9.17) is 0 Å². The fourth-order valence-electron chi connectivity index (χ4n) is 1.33. The van der Waals surface area contributed by atoms with Crippen LogP contribution >= 0.6 is 0 Å². The van der Waals surface area contributed by atoms with Crippen molar-refractivity contribution in [3.63, 3.8) is 0 Å². The van der Waals surface area contributed by atoms with Crippen LogP contribution in [0.2, 0.25) is 0 Å². The van der Waals surface area contributed by atoms with Gasteiger partial charge in [0, 0.05) is 6.20 Å². The number of hydrogen-bond acceptors (Lipinski definition) is 4. The highest BCUT2D eigenvalue weighted by atomic mass is 19.4. The Balaban J connectivity index is 1.92. The molecular formula is C9H9F3N6O. The van der Waals surface area contributed by atoms with Crippen molar-refractivity contribution < 1.29 is 18.0 Å². The third-order valence-electron chi connectivity index (χ3n) is 2.11. The van der Waals surface area contributed by atoms with Crippen molar-refractivity contribution in [3.8, 4) is 0 Å². The average Bonchev–Trinajstić information content (AvgIpc) is 2.94. The van der Waals surface area contributed by atoms with Crippen LogP contribution in [-0.4, -0.2) is 37.3 Å². The molecule has 19 heavy (non-hydrogen) atoms. The van der Waals surface area contributed by atoms with Crippen LogP contribution in [0.15, 0.2) is 18.5 Å². The quantitative estimate of drug-likeness (QED) is 0.849. The van der Waals surface area contributed by atoms with Crippen LogP contribution in [0.3, 0.4) is 0 Å². The maximum atomic E-state index is 12.1. The number of rotatable bonds is 4. The molecular weight excluding hydrogens is 265 g/mol. The Morgan fingerprint density at radius 2 is 2.26 bits per heavy atom. The van der Waals surface area contributed by atoms with Gasteiger partial charge in [-0.2, -0.15) is 33.7 Å². The number of carbonyl (C=O) groups excluding carboxylic acids is 1. The highest BCUT2D eigenvalue weighted by Crippen LogP contribution is 2.16. The Morgan fingerprint density at radius 1 is 1.47 bits per heavy atom. The Morgan fingerprint density at radius 3 is 2.89 bits per heavy atom. The lowest BCUT2D eigenvalue weighted by molar-refractivity contribution is -0.142. The second-order valence-electron chi connectivity index (χ2n) is 3.66. The summed E-state index contributed by atoms with van der Waals surface area (Å²) in [6.45, 7) is -1.12. The number of hydrogen-bond donors (Lipinski definition) is 2. The molecule has 0 aromatic carbocycles. The van der Waals surface area contributed by atoms with Crippen LogP contribution in [-0.2, 0) is 13.1 Å². The van der Waals surface area contributed by atoms with Gasteiger partial charge in [0.05, 0.1) is 12.7 Å². The van der Waals surface area contributed by atoms with Crippen molar-refractivity contribution in [3.05, 3.63) is 29.8 Å². The van der Waals surface area contributed by atoms with E-state index in [9.17, 15) is 18.0 Å². The first-order chi connectivity index (χ1) is 8.94. The Bertz CT molecular complexity index is 547. The number of carbonyl (C=O) groups is 1. The predicted octanol–water partition coefficient (Wildman–Crippen LogP) is 0.493. The van der Waals surface area contributed by atoms with Crippen LogP contribution in [0.4, 0.5) is 13.2 Å². The molecule has 102 valence electrons. The van der Waals surface area contributed by atoms with Gasteiger partial charge in [-0.05, 0) is 6.07 Å². The Kier molecular flexibility index (Phi) is 3.49. The van der Waals surface area contributed by atoms with Gasteiger partial charge >= 0.3 is 6.18 Å². The van der Waals surface area contributed by atoms with E-state index in [-0.39, 0.29) is 12.2 Å². The van der Waals surface area contributed by atoms with Crippen LogP contribution in [0.5, 0.6) is 0 Å². The van der Waals surface area contributed by atoms with Crippen molar-refractivity contribution >= 4 is 5.91 Å². The van der Waals surface area contributed by atoms with E-state index in [2.05, 4.69) is 25.8 Å². The molecule has 2 aromatic rings. The van der Waals surface area contributed by atoms with E-state index >= 15 is 0 Å². The van der Waals surface area contributed by atoms with Gasteiger partial charge in [-0.25, -0.2) is 0 Å². The molecule has 1 amide bonds. The summed E-state index contributed by atoms with van der Waals surface area (Å²) in [6.07, 6.45) is -1.86. The second-order valence-corrected chi connectivity index (χ2v) is 3.66. The standard InChI is InChI=1S/C9H9F3N6O/c10-9(11,12)5-18-2-1-7(16-18)8(19)13-3-6-4-14-17-15-6/h1-2,4H,3,5H2,(H,13,19)(H,14,15,17). The molecule has 0 unspecified atom stereocenters. The van der Waals surface area contributed by atoms with E-state index in [1.165, 1.54) is 12.3 Å². The number of nitrogens with zero attached hydrogens (tertiary/aromatic N) is 4. The van der Waals surface area contributed by atoms with Crippen LogP contribution in [0.1, 0.15) is 16.2 Å². The third kappa shape index (κ3) is 3.79. The Labute approximate surface area is 104 Å². The summed E-state index contributed by atoms with van der Waals surface area (Å²) >= 11 is 0. The zero-order valence-corrected chi connectivity index (χ0v) is 9.48. The molecule has 0 saturated heterocycles. The molecule has 0 saturated carbocycles. The first-order valence-corrected chi connectivity index (χ1v) is 5.17. The summed E-state index contributed by atoms with van der Waals surface area (Å²) in [4.78, 5) is 11.6. The highest BCUT2D eigenvalue weighted by Gasteiger charge is 2.28. The molecule has 7 nitrogen and oxygen atoms in total. The number of amides is 1. The fraction of sp³-hybridized carbons (Fsp3) is 0.333. The fourth-order valence-corrected chi connectivity index (χ4v) is 1.33. The number of H-pyrrole nitrogens is 1. The van der Waals surface area contributed by atoms with Gasteiger partial charge in [0.2, 0.25) is 0 Å². The molecule has 0 radical (unpaired) electrons. The zero-order chi connectivity index (χ0) is 13.9. The molecule has 2 aromatic heterocycles. The van der Waals surface area contributed by atoms with E-state index in [1.54, 1.807) is 0 Å².